The topological polar surface area (TPSA) is 89.7 Å². The summed E-state index contributed by atoms with van der Waals surface area (Å²) in [6.07, 6.45) is 1.68. The van der Waals surface area contributed by atoms with Gasteiger partial charge in [0.1, 0.15) is 11.3 Å². The lowest BCUT2D eigenvalue weighted by molar-refractivity contribution is -0.384. The fourth-order valence-corrected chi connectivity index (χ4v) is 3.11. The van der Waals surface area contributed by atoms with Crippen LogP contribution in [0.5, 0.6) is 5.75 Å². The van der Waals surface area contributed by atoms with Gasteiger partial charge in [0.2, 0.25) is 0 Å². The number of aromatic hydroxyl groups is 1. The molecule has 0 aliphatic carbocycles. The number of phenolic OH excluding ortho intramolecular Hbond substituents is 1. The van der Waals surface area contributed by atoms with E-state index in [1.807, 2.05) is 6.92 Å². The van der Waals surface area contributed by atoms with Gasteiger partial charge in [-0.2, -0.15) is 0 Å². The normalized spacial score (nSPS) is 10.5. The maximum absolute atomic E-state index is 12.2. The largest absolute Gasteiger partial charge is 0.507 e. The molecule has 0 spiro atoms. The predicted molar refractivity (Wildman–Crippen MR) is 95.3 cm³/mol. The van der Waals surface area contributed by atoms with Gasteiger partial charge >= 0.3 is 5.97 Å². The van der Waals surface area contributed by atoms with E-state index >= 15 is 0 Å². The molecule has 0 unspecified atom stereocenters. The molecule has 2 rings (SSSR count). The zero-order valence-corrected chi connectivity index (χ0v) is 14.8. The number of nitro benzene ring substituents is 1. The molecule has 6 nitrogen and oxygen atoms in total. The Bertz CT molecular complexity index is 774. The van der Waals surface area contributed by atoms with E-state index in [1.54, 1.807) is 25.1 Å². The summed E-state index contributed by atoms with van der Waals surface area (Å²) in [6.45, 7) is 4.05. The fourth-order valence-electron chi connectivity index (χ4n) is 2.19. The number of non-ortho nitro benzene ring substituents is 1. The van der Waals surface area contributed by atoms with Crippen LogP contribution in [0.2, 0.25) is 0 Å². The van der Waals surface area contributed by atoms with E-state index in [0.29, 0.717) is 12.2 Å². The number of carbonyl (C=O) groups is 1. The molecule has 0 aromatic heterocycles. The summed E-state index contributed by atoms with van der Waals surface area (Å²) in [6, 6.07) is 9.31. The predicted octanol–water partition coefficient (Wildman–Crippen LogP) is 4.72. The zero-order chi connectivity index (χ0) is 18.4. The minimum Gasteiger partial charge on any atom is -0.507 e. The van der Waals surface area contributed by atoms with Crippen LogP contribution in [0.25, 0.3) is 0 Å². The Morgan fingerprint density at radius 1 is 1.24 bits per heavy atom. The van der Waals surface area contributed by atoms with E-state index in [4.69, 9.17) is 4.74 Å². The van der Waals surface area contributed by atoms with Crippen molar-refractivity contribution in [1.82, 2.24) is 0 Å². The van der Waals surface area contributed by atoms with Crippen molar-refractivity contribution in [3.63, 3.8) is 0 Å². The molecule has 0 bridgehead atoms. The molecule has 7 heteroatoms. The summed E-state index contributed by atoms with van der Waals surface area (Å²) in [7, 11) is 0. The average molecular weight is 361 g/mol. The van der Waals surface area contributed by atoms with E-state index in [-0.39, 0.29) is 17.0 Å². The standard InChI is InChI=1S/C18H19NO5S/c1-3-4-11-24-18(21)17-12(2)16(10-9-15(17)20)25-14-7-5-13(6-8-14)19(22)23/h5-10,20H,3-4,11H2,1-2H3. The Labute approximate surface area is 150 Å². The highest BCUT2D eigenvalue weighted by molar-refractivity contribution is 7.99. The number of carbonyl (C=O) groups excluding carboxylic acids is 1. The first-order valence-corrected chi connectivity index (χ1v) is 8.67. The summed E-state index contributed by atoms with van der Waals surface area (Å²) in [5, 5.41) is 20.7. The summed E-state index contributed by atoms with van der Waals surface area (Å²) >= 11 is 1.36. The Kier molecular flexibility index (Phi) is 6.41. The van der Waals surface area contributed by atoms with Crippen molar-refractivity contribution in [1.29, 1.82) is 0 Å². The van der Waals surface area contributed by atoms with Gasteiger partial charge in [-0.15, -0.1) is 0 Å². The number of unbranched alkanes of at least 4 members (excludes halogenated alkanes) is 1. The van der Waals surface area contributed by atoms with Crippen LogP contribution in [0.4, 0.5) is 5.69 Å². The Morgan fingerprint density at radius 3 is 2.52 bits per heavy atom. The maximum Gasteiger partial charge on any atom is 0.342 e. The third-order valence-corrected chi connectivity index (χ3v) is 4.77. The summed E-state index contributed by atoms with van der Waals surface area (Å²) in [5.74, 6) is -0.665. The fraction of sp³-hybridized carbons (Fsp3) is 0.278. The molecule has 25 heavy (non-hydrogen) atoms. The number of esters is 1. The SMILES string of the molecule is CCCCOC(=O)c1c(O)ccc(Sc2ccc([N+](=O)[O-])cc2)c1C. The van der Waals surface area contributed by atoms with Crippen LogP contribution in [-0.2, 0) is 4.74 Å². The molecule has 2 aromatic rings. The van der Waals surface area contributed by atoms with Crippen molar-refractivity contribution >= 4 is 23.4 Å². The number of hydrogen-bond donors (Lipinski definition) is 1. The average Bonchev–Trinajstić information content (AvgIpc) is 2.58. The second-order valence-electron chi connectivity index (χ2n) is 5.43. The van der Waals surface area contributed by atoms with Gasteiger partial charge in [-0.25, -0.2) is 4.79 Å². The first-order valence-electron chi connectivity index (χ1n) is 7.86. The molecule has 0 heterocycles. The highest BCUT2D eigenvalue weighted by atomic mass is 32.2. The van der Waals surface area contributed by atoms with Gasteiger partial charge in [-0.05, 0) is 43.2 Å². The number of nitrogens with zero attached hydrogens (tertiary/aromatic N) is 1. The summed E-state index contributed by atoms with van der Waals surface area (Å²) in [4.78, 5) is 24.0. The van der Waals surface area contributed by atoms with E-state index < -0.39 is 10.9 Å². The Balaban J connectivity index is 2.23. The van der Waals surface area contributed by atoms with Crippen molar-refractivity contribution in [3.8, 4) is 5.75 Å². The molecule has 1 N–H and O–H groups in total. The number of phenols is 1. The van der Waals surface area contributed by atoms with Gasteiger partial charge in [0.15, 0.2) is 0 Å². The maximum atomic E-state index is 12.2. The molecule has 0 aliphatic rings. The van der Waals surface area contributed by atoms with Gasteiger partial charge in [-0.1, -0.05) is 25.1 Å². The van der Waals surface area contributed by atoms with Gasteiger partial charge in [0, 0.05) is 21.9 Å². The van der Waals surface area contributed by atoms with Crippen molar-refractivity contribution < 1.29 is 19.6 Å². The molecule has 0 radical (unpaired) electrons. The second-order valence-corrected chi connectivity index (χ2v) is 6.54. The van der Waals surface area contributed by atoms with Gasteiger partial charge < -0.3 is 9.84 Å². The van der Waals surface area contributed by atoms with Crippen LogP contribution in [-0.4, -0.2) is 22.6 Å². The first-order chi connectivity index (χ1) is 11.9. The number of rotatable bonds is 7. The molecule has 0 atom stereocenters. The van der Waals surface area contributed by atoms with Gasteiger partial charge in [-0.3, -0.25) is 10.1 Å². The molecule has 0 aliphatic heterocycles. The Morgan fingerprint density at radius 2 is 1.92 bits per heavy atom. The van der Waals surface area contributed by atoms with Crippen LogP contribution in [0.3, 0.4) is 0 Å². The van der Waals surface area contributed by atoms with E-state index in [0.717, 1.165) is 22.6 Å². The van der Waals surface area contributed by atoms with Crippen LogP contribution < -0.4 is 0 Å². The number of benzene rings is 2. The lowest BCUT2D eigenvalue weighted by Crippen LogP contribution is -2.09. The molecule has 0 fully saturated rings. The monoisotopic (exact) mass is 361 g/mol. The van der Waals surface area contributed by atoms with Crippen LogP contribution in [0.1, 0.15) is 35.7 Å². The first kappa shape index (κ1) is 18.8. The van der Waals surface area contributed by atoms with Crippen LogP contribution in [0.15, 0.2) is 46.2 Å². The number of hydrogen-bond acceptors (Lipinski definition) is 6. The lowest BCUT2D eigenvalue weighted by atomic mass is 10.1. The summed E-state index contributed by atoms with van der Waals surface area (Å²) in [5.41, 5.74) is 0.792. The van der Waals surface area contributed by atoms with Crippen molar-refractivity contribution in [2.75, 3.05) is 6.61 Å². The molecular weight excluding hydrogens is 342 g/mol. The van der Waals surface area contributed by atoms with Gasteiger partial charge in [0.05, 0.1) is 11.5 Å². The van der Waals surface area contributed by atoms with E-state index in [1.165, 1.54) is 30.0 Å². The minimum atomic E-state index is -0.547. The third-order valence-electron chi connectivity index (χ3n) is 3.60. The molecule has 0 saturated carbocycles. The van der Waals surface area contributed by atoms with Crippen molar-refractivity contribution in [3.05, 3.63) is 57.6 Å². The highest BCUT2D eigenvalue weighted by Crippen LogP contribution is 2.35. The number of nitro groups is 1. The second kappa shape index (κ2) is 8.53. The lowest BCUT2D eigenvalue weighted by Gasteiger charge is -2.12. The van der Waals surface area contributed by atoms with Crippen molar-refractivity contribution in [2.45, 2.75) is 36.5 Å². The van der Waals surface area contributed by atoms with Crippen LogP contribution >= 0.6 is 11.8 Å². The van der Waals surface area contributed by atoms with Gasteiger partial charge in [0.25, 0.3) is 5.69 Å². The van der Waals surface area contributed by atoms with E-state index in [2.05, 4.69) is 0 Å². The zero-order valence-electron chi connectivity index (χ0n) is 14.0. The quantitative estimate of drug-likeness (QED) is 0.332. The summed E-state index contributed by atoms with van der Waals surface area (Å²) < 4.78 is 5.19. The molecule has 0 amide bonds. The number of ether oxygens (including phenoxy) is 1. The molecule has 2 aromatic carbocycles. The minimum absolute atomic E-state index is 0.0203. The Hall–Kier alpha value is -2.54. The van der Waals surface area contributed by atoms with Crippen LogP contribution in [0, 0.1) is 17.0 Å². The van der Waals surface area contributed by atoms with Crippen molar-refractivity contribution in [2.24, 2.45) is 0 Å². The molecule has 0 saturated heterocycles. The van der Waals surface area contributed by atoms with E-state index in [9.17, 15) is 20.0 Å². The molecular formula is C18H19NO5S. The highest BCUT2D eigenvalue weighted by Gasteiger charge is 2.19. The third kappa shape index (κ3) is 4.73. The molecule has 132 valence electrons. The smallest absolute Gasteiger partial charge is 0.342 e.